The number of H-pyrrole nitrogens is 1. The molecule has 3 heterocycles. The first-order valence-corrected chi connectivity index (χ1v) is 14.6. The van der Waals surface area contributed by atoms with Crippen molar-refractivity contribution < 1.29 is 9.90 Å². The van der Waals surface area contributed by atoms with E-state index >= 15 is 0 Å². The Labute approximate surface area is 245 Å². The van der Waals surface area contributed by atoms with Crippen LogP contribution in [0.15, 0.2) is 78.9 Å². The van der Waals surface area contributed by atoms with Gasteiger partial charge in [-0.15, -0.1) is 10.2 Å². The molecule has 0 spiro atoms. The Balaban J connectivity index is 1.22. The van der Waals surface area contributed by atoms with Crippen molar-refractivity contribution in [1.82, 2.24) is 35.1 Å². The lowest BCUT2D eigenvalue weighted by Crippen LogP contribution is -2.33. The minimum atomic E-state index is -0.926. The number of likely N-dealkylation sites (tertiary alicyclic amines) is 1. The molecule has 2 N–H and O–H groups in total. The van der Waals surface area contributed by atoms with Crippen molar-refractivity contribution >= 4 is 5.97 Å². The number of benzene rings is 3. The largest absolute Gasteiger partial charge is 0.477 e. The molecule has 0 atom stereocenters. The summed E-state index contributed by atoms with van der Waals surface area (Å²) in [4.78, 5) is 19.9. The molecule has 0 aliphatic carbocycles. The number of hydrogen-bond donors (Lipinski definition) is 2. The predicted molar refractivity (Wildman–Crippen MR) is 161 cm³/mol. The minimum absolute atomic E-state index is 0.301. The van der Waals surface area contributed by atoms with Gasteiger partial charge in [0.05, 0.1) is 5.69 Å². The van der Waals surface area contributed by atoms with Gasteiger partial charge in [0.15, 0.2) is 5.69 Å². The van der Waals surface area contributed by atoms with Crippen LogP contribution in [0.4, 0.5) is 0 Å². The Bertz CT molecular complexity index is 1620. The van der Waals surface area contributed by atoms with Gasteiger partial charge in [-0.3, -0.25) is 4.90 Å². The lowest BCUT2D eigenvalue weighted by Gasteiger charge is -2.31. The van der Waals surface area contributed by atoms with Gasteiger partial charge in [-0.05, 0) is 65.7 Å². The predicted octanol–water partition coefficient (Wildman–Crippen LogP) is 5.81. The maximum absolute atomic E-state index is 12.6. The summed E-state index contributed by atoms with van der Waals surface area (Å²) in [5.74, 6) is 0.997. The van der Waals surface area contributed by atoms with E-state index in [1.54, 1.807) is 0 Å². The number of aromatic nitrogens is 6. The van der Waals surface area contributed by atoms with E-state index < -0.39 is 5.97 Å². The normalized spacial score (nSPS) is 14.3. The van der Waals surface area contributed by atoms with E-state index in [0.717, 1.165) is 66.9 Å². The molecule has 0 radical (unpaired) electrons. The number of nitrogens with zero attached hydrogens (tertiary/aromatic N) is 6. The first-order valence-electron chi connectivity index (χ1n) is 14.6. The second kappa shape index (κ2) is 12.5. The summed E-state index contributed by atoms with van der Waals surface area (Å²) < 4.78 is 1.90. The van der Waals surface area contributed by atoms with Crippen molar-refractivity contribution in [3.63, 3.8) is 0 Å². The molecule has 2 aromatic heterocycles. The van der Waals surface area contributed by atoms with E-state index in [2.05, 4.69) is 87.0 Å². The zero-order valence-electron chi connectivity index (χ0n) is 23.8. The topological polar surface area (TPSA) is 113 Å². The van der Waals surface area contributed by atoms with Crippen LogP contribution < -0.4 is 0 Å². The zero-order chi connectivity index (χ0) is 28.9. The summed E-state index contributed by atoms with van der Waals surface area (Å²) in [5.41, 5.74) is 6.29. The van der Waals surface area contributed by atoms with Gasteiger partial charge in [0.1, 0.15) is 5.82 Å². The van der Waals surface area contributed by atoms with Crippen molar-refractivity contribution in [3.05, 3.63) is 107 Å². The highest BCUT2D eigenvalue weighted by atomic mass is 16.4. The van der Waals surface area contributed by atoms with Crippen LogP contribution in [0, 0.1) is 0 Å². The Morgan fingerprint density at radius 3 is 2.31 bits per heavy atom. The Hall–Kier alpha value is -4.63. The number of tetrazole rings is 1. The number of rotatable bonds is 10. The average molecular weight is 562 g/mol. The smallest absolute Gasteiger partial charge is 0.354 e. The molecule has 9 nitrogen and oxygen atoms in total. The number of hydrogen-bond acceptors (Lipinski definition) is 6. The highest BCUT2D eigenvalue weighted by Gasteiger charge is 2.26. The van der Waals surface area contributed by atoms with Crippen LogP contribution in [0.25, 0.3) is 22.5 Å². The van der Waals surface area contributed by atoms with Crippen molar-refractivity contribution in [2.24, 2.45) is 0 Å². The molecule has 3 aromatic carbocycles. The van der Waals surface area contributed by atoms with E-state index in [9.17, 15) is 9.90 Å². The molecular weight excluding hydrogens is 526 g/mol. The van der Waals surface area contributed by atoms with Gasteiger partial charge in [-0.25, -0.2) is 9.78 Å². The maximum atomic E-state index is 12.6. The van der Waals surface area contributed by atoms with Crippen LogP contribution in [0.1, 0.15) is 65.2 Å². The Morgan fingerprint density at radius 1 is 0.929 bits per heavy atom. The standard InChI is InChI=1S/C33H35N7O2/c1-2-8-30-34-29(22-39-19-17-25(18-20-39)24-9-4-3-5-10-24)31(33(41)42)40(30)21-23-13-15-26(16-14-23)27-11-6-7-12-28(27)32-35-37-38-36-32/h3-7,9-16,25H,2,8,17-22H2,1H3,(H,41,42)(H,35,36,37,38). The molecule has 0 saturated carbocycles. The minimum Gasteiger partial charge on any atom is -0.477 e. The van der Waals surface area contributed by atoms with Crippen LogP contribution in [0.3, 0.4) is 0 Å². The zero-order valence-corrected chi connectivity index (χ0v) is 23.8. The molecule has 1 aliphatic rings. The molecule has 1 fully saturated rings. The second-order valence-electron chi connectivity index (χ2n) is 10.9. The van der Waals surface area contributed by atoms with Crippen molar-refractivity contribution in [1.29, 1.82) is 0 Å². The molecule has 42 heavy (non-hydrogen) atoms. The monoisotopic (exact) mass is 561 g/mol. The maximum Gasteiger partial charge on any atom is 0.354 e. The summed E-state index contributed by atoms with van der Waals surface area (Å²) >= 11 is 0. The van der Waals surface area contributed by atoms with Crippen LogP contribution in [-0.4, -0.2) is 59.2 Å². The molecule has 6 rings (SSSR count). The quantitative estimate of drug-likeness (QED) is 0.221. The fourth-order valence-corrected chi connectivity index (χ4v) is 6.03. The van der Waals surface area contributed by atoms with Crippen LogP contribution in [-0.2, 0) is 19.5 Å². The van der Waals surface area contributed by atoms with Crippen LogP contribution in [0.5, 0.6) is 0 Å². The third kappa shape index (κ3) is 5.87. The number of nitrogens with one attached hydrogen (secondary N) is 1. The first kappa shape index (κ1) is 27.5. The lowest BCUT2D eigenvalue weighted by atomic mass is 9.89. The summed E-state index contributed by atoms with van der Waals surface area (Å²) in [6, 6.07) is 26.9. The van der Waals surface area contributed by atoms with E-state index in [1.165, 1.54) is 5.56 Å². The van der Waals surface area contributed by atoms with Gasteiger partial charge in [0.25, 0.3) is 0 Å². The number of imidazole rings is 1. The van der Waals surface area contributed by atoms with Gasteiger partial charge >= 0.3 is 5.97 Å². The van der Waals surface area contributed by atoms with Crippen molar-refractivity contribution in [2.75, 3.05) is 13.1 Å². The molecule has 0 unspecified atom stereocenters. The molecule has 5 aromatic rings. The number of aromatic carboxylic acids is 1. The van der Waals surface area contributed by atoms with Crippen LogP contribution >= 0.6 is 0 Å². The van der Waals surface area contributed by atoms with Crippen molar-refractivity contribution in [2.45, 2.75) is 51.6 Å². The third-order valence-electron chi connectivity index (χ3n) is 8.15. The summed E-state index contributed by atoms with van der Waals surface area (Å²) in [5, 5.41) is 24.8. The van der Waals surface area contributed by atoms with E-state index in [0.29, 0.717) is 36.2 Å². The van der Waals surface area contributed by atoms with E-state index in [1.807, 2.05) is 28.8 Å². The van der Waals surface area contributed by atoms with Crippen molar-refractivity contribution in [3.8, 4) is 22.5 Å². The highest BCUT2D eigenvalue weighted by Crippen LogP contribution is 2.31. The number of carboxylic acid groups (broad SMARTS) is 1. The first-order chi connectivity index (χ1) is 20.6. The molecule has 0 bridgehead atoms. The van der Waals surface area contributed by atoms with E-state index in [-0.39, 0.29) is 0 Å². The number of carboxylic acids is 1. The van der Waals surface area contributed by atoms with Crippen LogP contribution in [0.2, 0.25) is 0 Å². The average Bonchev–Trinajstić information content (AvgIpc) is 3.67. The van der Waals surface area contributed by atoms with Gasteiger partial charge in [-0.1, -0.05) is 85.8 Å². The highest BCUT2D eigenvalue weighted by molar-refractivity contribution is 5.87. The molecular formula is C33H35N7O2. The molecule has 1 aliphatic heterocycles. The Kier molecular flexibility index (Phi) is 8.18. The fraction of sp³-hybridized carbons (Fsp3) is 0.303. The van der Waals surface area contributed by atoms with Gasteiger partial charge in [-0.2, -0.15) is 5.21 Å². The SMILES string of the molecule is CCCc1nc(CN2CCC(c3ccccc3)CC2)c(C(=O)O)n1Cc1ccc(-c2ccccc2-c2nn[nH]n2)cc1. The molecule has 1 saturated heterocycles. The van der Waals surface area contributed by atoms with Gasteiger partial charge < -0.3 is 9.67 Å². The molecule has 0 amide bonds. The number of aromatic amines is 1. The van der Waals surface area contributed by atoms with E-state index in [4.69, 9.17) is 4.98 Å². The number of aryl methyl sites for hydroxylation is 1. The third-order valence-corrected chi connectivity index (χ3v) is 8.15. The van der Waals surface area contributed by atoms with Gasteiger partial charge in [0, 0.05) is 25.1 Å². The molecule has 9 heteroatoms. The van der Waals surface area contributed by atoms with Gasteiger partial charge in [0.2, 0.25) is 5.82 Å². The summed E-state index contributed by atoms with van der Waals surface area (Å²) in [6.45, 7) is 4.97. The summed E-state index contributed by atoms with van der Waals surface area (Å²) in [6.07, 6.45) is 3.75. The number of piperidine rings is 1. The summed E-state index contributed by atoms with van der Waals surface area (Å²) in [7, 11) is 0. The lowest BCUT2D eigenvalue weighted by molar-refractivity contribution is 0.0682. The number of carbonyl (C=O) groups is 1. The Morgan fingerprint density at radius 2 is 1.64 bits per heavy atom. The second-order valence-corrected chi connectivity index (χ2v) is 10.9. The molecule has 214 valence electrons. The fourth-order valence-electron chi connectivity index (χ4n) is 6.03.